The topological polar surface area (TPSA) is 3.24 Å². The number of rotatable bonds is 4. The number of benzene rings is 6. The Balaban J connectivity index is 1.61. The van der Waals surface area contributed by atoms with Crippen LogP contribution in [0.3, 0.4) is 0 Å². The average Bonchev–Trinajstić information content (AvgIpc) is 2.97. The van der Waals surface area contributed by atoms with Gasteiger partial charge in [0.05, 0.1) is 5.69 Å². The van der Waals surface area contributed by atoms with Crippen LogP contribution in [-0.2, 0) is 0 Å². The van der Waals surface area contributed by atoms with Crippen LogP contribution < -0.4 is 4.90 Å². The van der Waals surface area contributed by atoms with Gasteiger partial charge in [0.1, 0.15) is 0 Å². The molecule has 0 aliphatic heterocycles. The standard InChI is InChI=1S/C38H31N/c1-26-21-27(2)23-31(22-26)39(30-15-7-4-8-16-30)37-25-29-24-36(28-13-5-3-6-14-28)32-17-9-11-19-34(32)38(29)35-20-12-10-18-33(35)37/h4-5,7-25H,3,6H2,1-2H3. The summed E-state index contributed by atoms with van der Waals surface area (Å²) in [4.78, 5) is 2.43. The van der Waals surface area contributed by atoms with Crippen LogP contribution in [0.4, 0.5) is 17.1 Å². The Bertz CT molecular complexity index is 1900. The van der Waals surface area contributed by atoms with E-state index in [0.717, 1.165) is 18.5 Å². The molecular weight excluding hydrogens is 470 g/mol. The first kappa shape index (κ1) is 23.5. The van der Waals surface area contributed by atoms with E-state index in [1.165, 1.54) is 66.0 Å². The van der Waals surface area contributed by atoms with Crippen molar-refractivity contribution >= 4 is 55.0 Å². The smallest absolute Gasteiger partial charge is 0.0546 e. The fraction of sp³-hybridized carbons (Fsp3) is 0.105. The molecule has 1 aliphatic rings. The molecule has 6 aromatic carbocycles. The van der Waals surface area contributed by atoms with E-state index in [4.69, 9.17) is 0 Å². The monoisotopic (exact) mass is 501 g/mol. The summed E-state index contributed by atoms with van der Waals surface area (Å²) in [5, 5.41) is 7.75. The van der Waals surface area contributed by atoms with Crippen molar-refractivity contribution in [3.05, 3.63) is 144 Å². The van der Waals surface area contributed by atoms with Crippen LogP contribution >= 0.6 is 0 Å². The first-order valence-corrected chi connectivity index (χ1v) is 13.9. The van der Waals surface area contributed by atoms with Crippen molar-refractivity contribution < 1.29 is 0 Å². The molecule has 0 saturated carbocycles. The van der Waals surface area contributed by atoms with Gasteiger partial charge in [-0.15, -0.1) is 0 Å². The number of para-hydroxylation sites is 1. The van der Waals surface area contributed by atoms with Crippen LogP contribution in [0, 0.1) is 13.8 Å². The van der Waals surface area contributed by atoms with Gasteiger partial charge in [-0.1, -0.05) is 91.0 Å². The van der Waals surface area contributed by atoms with Gasteiger partial charge in [0.15, 0.2) is 0 Å². The number of aryl methyl sites for hydroxylation is 2. The molecule has 188 valence electrons. The summed E-state index contributed by atoms with van der Waals surface area (Å²) < 4.78 is 0. The summed E-state index contributed by atoms with van der Waals surface area (Å²) >= 11 is 0. The zero-order valence-corrected chi connectivity index (χ0v) is 22.5. The maximum atomic E-state index is 2.43. The zero-order chi connectivity index (χ0) is 26.3. The molecule has 1 nitrogen and oxygen atoms in total. The molecule has 0 heterocycles. The average molecular weight is 502 g/mol. The Morgan fingerprint density at radius 1 is 0.564 bits per heavy atom. The van der Waals surface area contributed by atoms with Gasteiger partial charge in [0, 0.05) is 16.8 Å². The van der Waals surface area contributed by atoms with E-state index >= 15 is 0 Å². The van der Waals surface area contributed by atoms with Gasteiger partial charge in [0.2, 0.25) is 0 Å². The second kappa shape index (κ2) is 9.60. The highest BCUT2D eigenvalue weighted by molar-refractivity contribution is 6.25. The molecule has 1 heteroatoms. The van der Waals surface area contributed by atoms with Crippen molar-refractivity contribution in [2.75, 3.05) is 4.90 Å². The molecule has 0 radical (unpaired) electrons. The molecule has 0 atom stereocenters. The van der Waals surface area contributed by atoms with Gasteiger partial charge in [-0.05, 0) is 112 Å². The summed E-state index contributed by atoms with van der Waals surface area (Å²) in [6, 6.07) is 40.2. The molecule has 0 N–H and O–H groups in total. The quantitative estimate of drug-likeness (QED) is 0.217. The Kier molecular flexibility index (Phi) is 5.78. The minimum Gasteiger partial charge on any atom is -0.310 e. The number of anilines is 3. The fourth-order valence-electron chi connectivity index (χ4n) is 6.28. The molecule has 6 aromatic rings. The number of hydrogen-bond acceptors (Lipinski definition) is 1. The highest BCUT2D eigenvalue weighted by atomic mass is 15.1. The minimum atomic E-state index is 1.09. The second-order valence-corrected chi connectivity index (χ2v) is 10.7. The van der Waals surface area contributed by atoms with E-state index in [-0.39, 0.29) is 0 Å². The van der Waals surface area contributed by atoms with Crippen LogP contribution in [0.5, 0.6) is 0 Å². The van der Waals surface area contributed by atoms with Gasteiger partial charge in [-0.2, -0.15) is 0 Å². The van der Waals surface area contributed by atoms with E-state index < -0.39 is 0 Å². The Hall–Kier alpha value is -4.62. The first-order valence-electron chi connectivity index (χ1n) is 13.9. The molecule has 1 aliphatic carbocycles. The molecule has 7 rings (SSSR count). The third kappa shape index (κ3) is 4.11. The van der Waals surface area contributed by atoms with Crippen LogP contribution in [0.15, 0.2) is 127 Å². The lowest BCUT2D eigenvalue weighted by Crippen LogP contribution is -2.11. The summed E-state index contributed by atoms with van der Waals surface area (Å²) in [5.41, 5.74) is 8.70. The lowest BCUT2D eigenvalue weighted by molar-refractivity contribution is 1.04. The van der Waals surface area contributed by atoms with Crippen molar-refractivity contribution in [2.24, 2.45) is 0 Å². The molecule has 0 unspecified atom stereocenters. The SMILES string of the molecule is Cc1cc(C)cc(N(c2ccccc2)c2cc3cc(C4=CCCC=C4)c4ccccc4c3c3ccccc23)c1. The highest BCUT2D eigenvalue weighted by Crippen LogP contribution is 2.45. The number of hydrogen-bond donors (Lipinski definition) is 0. The van der Waals surface area contributed by atoms with Crippen molar-refractivity contribution in [3.8, 4) is 0 Å². The predicted octanol–water partition coefficient (Wildman–Crippen LogP) is 11.0. The minimum absolute atomic E-state index is 1.09. The van der Waals surface area contributed by atoms with E-state index in [1.807, 2.05) is 0 Å². The summed E-state index contributed by atoms with van der Waals surface area (Å²) in [7, 11) is 0. The maximum absolute atomic E-state index is 2.43. The Morgan fingerprint density at radius 3 is 1.90 bits per heavy atom. The van der Waals surface area contributed by atoms with Gasteiger partial charge in [-0.25, -0.2) is 0 Å². The summed E-state index contributed by atoms with van der Waals surface area (Å²) in [5.74, 6) is 0. The predicted molar refractivity (Wildman–Crippen MR) is 169 cm³/mol. The van der Waals surface area contributed by atoms with Crippen LogP contribution in [0.1, 0.15) is 29.5 Å². The number of allylic oxidation sites excluding steroid dienone is 4. The van der Waals surface area contributed by atoms with Gasteiger partial charge < -0.3 is 4.90 Å². The van der Waals surface area contributed by atoms with Crippen molar-refractivity contribution in [1.29, 1.82) is 0 Å². The molecule has 0 fully saturated rings. The lowest BCUT2D eigenvalue weighted by Gasteiger charge is -2.28. The highest BCUT2D eigenvalue weighted by Gasteiger charge is 2.20. The summed E-state index contributed by atoms with van der Waals surface area (Å²) in [6.07, 6.45) is 9.20. The van der Waals surface area contributed by atoms with E-state index in [9.17, 15) is 0 Å². The van der Waals surface area contributed by atoms with Gasteiger partial charge in [0.25, 0.3) is 0 Å². The molecule has 0 saturated heterocycles. The number of nitrogens with zero attached hydrogens (tertiary/aromatic N) is 1. The molecule has 0 spiro atoms. The van der Waals surface area contributed by atoms with Gasteiger partial charge >= 0.3 is 0 Å². The first-order chi connectivity index (χ1) is 19.2. The molecule has 39 heavy (non-hydrogen) atoms. The van der Waals surface area contributed by atoms with E-state index in [0.29, 0.717) is 0 Å². The third-order valence-electron chi connectivity index (χ3n) is 7.87. The van der Waals surface area contributed by atoms with E-state index in [2.05, 4.69) is 146 Å². The van der Waals surface area contributed by atoms with Crippen molar-refractivity contribution in [1.82, 2.24) is 0 Å². The van der Waals surface area contributed by atoms with Crippen LogP contribution in [0.25, 0.3) is 37.9 Å². The van der Waals surface area contributed by atoms with Crippen molar-refractivity contribution in [3.63, 3.8) is 0 Å². The van der Waals surface area contributed by atoms with Gasteiger partial charge in [-0.3, -0.25) is 0 Å². The molecule has 0 aromatic heterocycles. The number of fused-ring (bicyclic) bond motifs is 5. The maximum Gasteiger partial charge on any atom is 0.0546 e. The largest absolute Gasteiger partial charge is 0.310 e. The zero-order valence-electron chi connectivity index (χ0n) is 22.5. The summed E-state index contributed by atoms with van der Waals surface area (Å²) in [6.45, 7) is 4.37. The van der Waals surface area contributed by atoms with Crippen LogP contribution in [-0.4, -0.2) is 0 Å². The lowest BCUT2D eigenvalue weighted by atomic mass is 9.88. The normalized spacial score (nSPS) is 13.2. The Morgan fingerprint density at radius 2 is 1.21 bits per heavy atom. The Labute approximate surface area is 230 Å². The van der Waals surface area contributed by atoms with Crippen molar-refractivity contribution in [2.45, 2.75) is 26.7 Å². The second-order valence-electron chi connectivity index (χ2n) is 10.7. The van der Waals surface area contributed by atoms with Crippen LogP contribution in [0.2, 0.25) is 0 Å². The van der Waals surface area contributed by atoms with E-state index in [1.54, 1.807) is 0 Å². The molecular formula is C38H31N. The molecule has 0 bridgehead atoms. The fourth-order valence-corrected chi connectivity index (χ4v) is 6.28. The molecule has 0 amide bonds. The third-order valence-corrected chi connectivity index (χ3v) is 7.87.